The van der Waals surface area contributed by atoms with Crippen LogP contribution < -0.4 is 5.32 Å². The number of likely N-dealkylation sites (tertiary alicyclic amines) is 1. The minimum Gasteiger partial charge on any atom is -0.396 e. The van der Waals surface area contributed by atoms with Crippen LogP contribution in [0.25, 0.3) is 0 Å². The van der Waals surface area contributed by atoms with Gasteiger partial charge in [-0.2, -0.15) is 0 Å². The van der Waals surface area contributed by atoms with Gasteiger partial charge in [-0.15, -0.1) is 0 Å². The Hall–Kier alpha value is -1.95. The SMILES string of the molecule is CC(CCO)CNC(=O)C1CC(=O)N(C)C1c1ccc(F)cc1. The van der Waals surface area contributed by atoms with Gasteiger partial charge in [0, 0.05) is 26.6 Å². The van der Waals surface area contributed by atoms with Crippen LogP contribution in [0.15, 0.2) is 24.3 Å². The topological polar surface area (TPSA) is 69.6 Å². The van der Waals surface area contributed by atoms with Crippen molar-refractivity contribution in [1.29, 1.82) is 0 Å². The third kappa shape index (κ3) is 4.07. The zero-order chi connectivity index (χ0) is 17.0. The Balaban J connectivity index is 2.10. The van der Waals surface area contributed by atoms with Crippen LogP contribution in [0.1, 0.15) is 31.4 Å². The lowest BCUT2D eigenvalue weighted by Crippen LogP contribution is -2.36. The molecule has 23 heavy (non-hydrogen) atoms. The van der Waals surface area contributed by atoms with Gasteiger partial charge in [0.05, 0.1) is 12.0 Å². The standard InChI is InChI=1S/C17H23FN2O3/c1-11(7-8-21)10-19-17(23)14-9-15(22)20(2)16(14)12-3-5-13(18)6-4-12/h3-6,11,14,16,21H,7-10H2,1-2H3,(H,19,23). The minimum absolute atomic E-state index is 0.0832. The van der Waals surface area contributed by atoms with Gasteiger partial charge in [-0.3, -0.25) is 9.59 Å². The molecule has 3 atom stereocenters. The molecule has 0 saturated carbocycles. The van der Waals surface area contributed by atoms with E-state index in [-0.39, 0.29) is 42.6 Å². The van der Waals surface area contributed by atoms with Crippen molar-refractivity contribution in [2.45, 2.75) is 25.8 Å². The summed E-state index contributed by atoms with van der Waals surface area (Å²) in [5.74, 6) is -0.938. The van der Waals surface area contributed by atoms with E-state index >= 15 is 0 Å². The molecule has 1 heterocycles. The van der Waals surface area contributed by atoms with Gasteiger partial charge < -0.3 is 15.3 Å². The summed E-state index contributed by atoms with van der Waals surface area (Å²) in [6.45, 7) is 2.49. The molecular weight excluding hydrogens is 299 g/mol. The first-order chi connectivity index (χ1) is 10.9. The van der Waals surface area contributed by atoms with Crippen molar-refractivity contribution in [2.24, 2.45) is 11.8 Å². The number of nitrogens with one attached hydrogen (secondary N) is 1. The van der Waals surface area contributed by atoms with Crippen LogP contribution in [0.3, 0.4) is 0 Å². The highest BCUT2D eigenvalue weighted by atomic mass is 19.1. The molecule has 1 fully saturated rings. The molecule has 3 unspecified atom stereocenters. The summed E-state index contributed by atoms with van der Waals surface area (Å²) in [6.07, 6.45) is 0.768. The van der Waals surface area contributed by atoms with E-state index in [1.54, 1.807) is 24.1 Å². The van der Waals surface area contributed by atoms with E-state index in [1.807, 2.05) is 6.92 Å². The average molecular weight is 322 g/mol. The average Bonchev–Trinajstić information content (AvgIpc) is 2.82. The molecule has 0 aliphatic carbocycles. The molecule has 1 aromatic rings. The molecule has 2 rings (SSSR count). The van der Waals surface area contributed by atoms with E-state index in [0.717, 1.165) is 5.56 Å². The van der Waals surface area contributed by atoms with Gasteiger partial charge in [-0.25, -0.2) is 4.39 Å². The zero-order valence-corrected chi connectivity index (χ0v) is 13.5. The van der Waals surface area contributed by atoms with E-state index in [1.165, 1.54) is 12.1 Å². The lowest BCUT2D eigenvalue weighted by Gasteiger charge is -2.25. The molecule has 1 aromatic carbocycles. The predicted octanol–water partition coefficient (Wildman–Crippen LogP) is 1.48. The lowest BCUT2D eigenvalue weighted by molar-refractivity contribution is -0.128. The number of benzene rings is 1. The fourth-order valence-corrected chi connectivity index (χ4v) is 2.95. The monoisotopic (exact) mass is 322 g/mol. The molecule has 0 bridgehead atoms. The number of rotatable bonds is 6. The number of halogens is 1. The van der Waals surface area contributed by atoms with Gasteiger partial charge in [-0.1, -0.05) is 19.1 Å². The van der Waals surface area contributed by atoms with Crippen molar-refractivity contribution in [3.8, 4) is 0 Å². The van der Waals surface area contributed by atoms with E-state index in [9.17, 15) is 14.0 Å². The molecule has 1 aliphatic rings. The Bertz CT molecular complexity index is 561. The van der Waals surface area contributed by atoms with Gasteiger partial charge in [0.1, 0.15) is 5.82 Å². The summed E-state index contributed by atoms with van der Waals surface area (Å²) < 4.78 is 13.1. The Labute approximate surface area is 135 Å². The highest BCUT2D eigenvalue weighted by Crippen LogP contribution is 2.37. The molecule has 0 spiro atoms. The van der Waals surface area contributed by atoms with Crippen molar-refractivity contribution in [3.05, 3.63) is 35.6 Å². The Morgan fingerprint density at radius 3 is 2.70 bits per heavy atom. The van der Waals surface area contributed by atoms with Crippen molar-refractivity contribution < 1.29 is 19.1 Å². The van der Waals surface area contributed by atoms with Crippen LogP contribution in [0.4, 0.5) is 4.39 Å². The van der Waals surface area contributed by atoms with E-state index in [4.69, 9.17) is 5.11 Å². The van der Waals surface area contributed by atoms with Crippen LogP contribution in [-0.2, 0) is 9.59 Å². The highest BCUT2D eigenvalue weighted by Gasteiger charge is 2.42. The third-order valence-electron chi connectivity index (χ3n) is 4.38. The largest absolute Gasteiger partial charge is 0.396 e. The summed E-state index contributed by atoms with van der Waals surface area (Å²) >= 11 is 0. The minimum atomic E-state index is -0.487. The summed E-state index contributed by atoms with van der Waals surface area (Å²) in [7, 11) is 1.66. The normalized spacial score (nSPS) is 22.3. The fraction of sp³-hybridized carbons (Fsp3) is 0.529. The first-order valence-electron chi connectivity index (χ1n) is 7.83. The summed E-state index contributed by atoms with van der Waals surface area (Å²) in [6, 6.07) is 5.53. The number of amides is 2. The third-order valence-corrected chi connectivity index (χ3v) is 4.38. The summed E-state index contributed by atoms with van der Waals surface area (Å²) in [4.78, 5) is 26.0. The van der Waals surface area contributed by atoms with Crippen molar-refractivity contribution in [3.63, 3.8) is 0 Å². The highest BCUT2D eigenvalue weighted by molar-refractivity contribution is 5.90. The Morgan fingerprint density at radius 2 is 2.09 bits per heavy atom. The second-order valence-corrected chi connectivity index (χ2v) is 6.17. The molecular formula is C17H23FN2O3. The number of nitrogens with zero attached hydrogens (tertiary/aromatic N) is 1. The van der Waals surface area contributed by atoms with Gasteiger partial charge in [0.25, 0.3) is 0 Å². The first-order valence-corrected chi connectivity index (χ1v) is 7.83. The molecule has 1 saturated heterocycles. The maximum Gasteiger partial charge on any atom is 0.226 e. The number of carbonyl (C=O) groups excluding carboxylic acids is 2. The van der Waals surface area contributed by atoms with E-state index in [2.05, 4.69) is 5.32 Å². The molecule has 2 amide bonds. The number of hydrogen-bond donors (Lipinski definition) is 2. The van der Waals surface area contributed by atoms with Crippen molar-refractivity contribution >= 4 is 11.8 Å². The second-order valence-electron chi connectivity index (χ2n) is 6.17. The Morgan fingerprint density at radius 1 is 1.43 bits per heavy atom. The molecule has 1 aliphatic heterocycles. The van der Waals surface area contributed by atoms with Crippen LogP contribution in [-0.4, -0.2) is 42.0 Å². The van der Waals surface area contributed by atoms with Gasteiger partial charge in [0.15, 0.2) is 0 Å². The van der Waals surface area contributed by atoms with Crippen molar-refractivity contribution in [2.75, 3.05) is 20.2 Å². The maximum absolute atomic E-state index is 13.1. The van der Waals surface area contributed by atoms with Gasteiger partial charge in [-0.05, 0) is 30.0 Å². The number of aliphatic hydroxyl groups excluding tert-OH is 1. The molecule has 6 heteroatoms. The van der Waals surface area contributed by atoms with Crippen molar-refractivity contribution in [1.82, 2.24) is 10.2 Å². The molecule has 2 N–H and O–H groups in total. The number of hydrogen-bond acceptors (Lipinski definition) is 3. The predicted molar refractivity (Wildman–Crippen MR) is 83.9 cm³/mol. The quantitative estimate of drug-likeness (QED) is 0.833. The smallest absolute Gasteiger partial charge is 0.226 e. The van der Waals surface area contributed by atoms with Gasteiger partial charge in [0.2, 0.25) is 11.8 Å². The first kappa shape index (κ1) is 17.4. The molecule has 0 aromatic heterocycles. The second kappa shape index (κ2) is 7.55. The molecule has 5 nitrogen and oxygen atoms in total. The number of carbonyl (C=O) groups is 2. The van der Waals surface area contributed by atoms with Crippen LogP contribution >= 0.6 is 0 Å². The fourth-order valence-electron chi connectivity index (χ4n) is 2.95. The van der Waals surface area contributed by atoms with Crippen LogP contribution in [0.2, 0.25) is 0 Å². The van der Waals surface area contributed by atoms with Crippen LogP contribution in [0, 0.1) is 17.7 Å². The Kier molecular flexibility index (Phi) is 5.71. The van der Waals surface area contributed by atoms with E-state index < -0.39 is 5.92 Å². The zero-order valence-electron chi connectivity index (χ0n) is 13.5. The van der Waals surface area contributed by atoms with Crippen LogP contribution in [0.5, 0.6) is 0 Å². The summed E-state index contributed by atoms with van der Waals surface area (Å²) in [5, 5.41) is 11.8. The summed E-state index contributed by atoms with van der Waals surface area (Å²) in [5.41, 5.74) is 0.753. The molecule has 0 radical (unpaired) electrons. The van der Waals surface area contributed by atoms with Gasteiger partial charge >= 0.3 is 0 Å². The maximum atomic E-state index is 13.1. The number of aliphatic hydroxyl groups is 1. The lowest BCUT2D eigenvalue weighted by atomic mass is 9.92. The molecule has 126 valence electrons. The van der Waals surface area contributed by atoms with E-state index in [0.29, 0.717) is 13.0 Å².